The lowest BCUT2D eigenvalue weighted by molar-refractivity contribution is 0.0767. The Morgan fingerprint density at radius 2 is 2.04 bits per heavy atom. The van der Waals surface area contributed by atoms with Crippen molar-refractivity contribution in [3.05, 3.63) is 48.1 Å². The summed E-state index contributed by atoms with van der Waals surface area (Å²) in [4.78, 5) is 11.0. The number of nitrogens with one attached hydrogen (secondary N) is 2. The second kappa shape index (κ2) is 10.3. The minimum atomic E-state index is -1.31. The average Bonchev–Trinajstić information content (AvgIpc) is 3.04. The van der Waals surface area contributed by atoms with Gasteiger partial charge in [0, 0.05) is 18.7 Å². The highest BCUT2D eigenvalue weighted by molar-refractivity contribution is 5.65. The van der Waals surface area contributed by atoms with E-state index in [1.54, 1.807) is 6.08 Å². The first-order valence-electron chi connectivity index (χ1n) is 8.95. The number of carboxylic acid groups (broad SMARTS) is 1. The van der Waals surface area contributed by atoms with Gasteiger partial charge in [-0.25, -0.2) is 13.6 Å². The molecule has 150 valence electrons. The Kier molecular flexibility index (Phi) is 8.15. The number of carbonyl (C=O) groups is 1. The maximum absolute atomic E-state index is 13.4. The Bertz CT molecular complexity index is 624. The first-order chi connectivity index (χ1) is 12.9. The van der Waals surface area contributed by atoms with Crippen LogP contribution in [0.5, 0.6) is 0 Å². The zero-order valence-electron chi connectivity index (χ0n) is 15.0. The van der Waals surface area contributed by atoms with Gasteiger partial charge >= 0.3 is 6.09 Å². The van der Waals surface area contributed by atoms with Crippen LogP contribution in [-0.4, -0.2) is 53.7 Å². The Morgan fingerprint density at radius 3 is 2.67 bits per heavy atom. The molecule has 0 heterocycles. The van der Waals surface area contributed by atoms with Crippen molar-refractivity contribution in [1.29, 1.82) is 0 Å². The maximum atomic E-state index is 13.4. The standard InChI is InChI=1S/C19H26F2N2O4/c1-2-5-27-16-4-3-15(10-16)22-11-18(24)17(23-19(25)26)8-12-6-13(20)9-14(21)7-12/h2,6-7,9,15-18,22-24H,1,3-5,8,10-11H2,(H,25,26)/t15-,16+,17-,18+/m0/s1. The van der Waals surface area contributed by atoms with E-state index in [0.29, 0.717) is 6.61 Å². The molecule has 0 radical (unpaired) electrons. The van der Waals surface area contributed by atoms with E-state index in [1.807, 2.05) is 0 Å². The number of aliphatic hydroxyl groups is 1. The molecular weight excluding hydrogens is 358 g/mol. The number of amides is 1. The smallest absolute Gasteiger partial charge is 0.404 e. The minimum absolute atomic E-state index is 0.0282. The van der Waals surface area contributed by atoms with Crippen LogP contribution in [0.1, 0.15) is 24.8 Å². The van der Waals surface area contributed by atoms with Crippen LogP contribution in [0.3, 0.4) is 0 Å². The SMILES string of the molecule is C=CCO[C@@H]1CC[C@H](NC[C@@H](O)[C@H](Cc2cc(F)cc(F)c2)NC(=O)O)C1. The van der Waals surface area contributed by atoms with Crippen LogP contribution in [0.15, 0.2) is 30.9 Å². The van der Waals surface area contributed by atoms with Gasteiger partial charge in [-0.2, -0.15) is 0 Å². The van der Waals surface area contributed by atoms with Gasteiger partial charge in [-0.05, 0) is 43.4 Å². The van der Waals surface area contributed by atoms with Gasteiger partial charge in [0.05, 0.1) is 24.9 Å². The van der Waals surface area contributed by atoms with E-state index in [1.165, 1.54) is 0 Å². The predicted octanol–water partition coefficient (Wildman–Crippen LogP) is 2.22. The summed E-state index contributed by atoms with van der Waals surface area (Å²) in [5.74, 6) is -1.49. The van der Waals surface area contributed by atoms with Crippen molar-refractivity contribution in [1.82, 2.24) is 10.6 Å². The molecule has 0 spiro atoms. The lowest BCUT2D eigenvalue weighted by atomic mass is 10.0. The zero-order chi connectivity index (χ0) is 19.8. The van der Waals surface area contributed by atoms with Crippen molar-refractivity contribution in [3.63, 3.8) is 0 Å². The van der Waals surface area contributed by atoms with Crippen molar-refractivity contribution < 1.29 is 28.5 Å². The largest absolute Gasteiger partial charge is 0.465 e. The van der Waals surface area contributed by atoms with Crippen LogP contribution in [0.2, 0.25) is 0 Å². The van der Waals surface area contributed by atoms with Crippen LogP contribution in [0, 0.1) is 11.6 Å². The van der Waals surface area contributed by atoms with Crippen LogP contribution >= 0.6 is 0 Å². The van der Waals surface area contributed by atoms with Gasteiger partial charge in [-0.3, -0.25) is 0 Å². The lowest BCUT2D eigenvalue weighted by Crippen LogP contribution is -2.49. The van der Waals surface area contributed by atoms with Crippen LogP contribution in [0.25, 0.3) is 0 Å². The zero-order valence-corrected chi connectivity index (χ0v) is 15.0. The molecule has 1 aliphatic carbocycles. The van der Waals surface area contributed by atoms with Crippen LogP contribution in [-0.2, 0) is 11.2 Å². The number of hydrogen-bond acceptors (Lipinski definition) is 4. The van der Waals surface area contributed by atoms with Crippen molar-refractivity contribution in [2.24, 2.45) is 0 Å². The van der Waals surface area contributed by atoms with Crippen molar-refractivity contribution >= 4 is 6.09 Å². The number of aliphatic hydroxyl groups excluding tert-OH is 1. The number of halogens is 2. The third-order valence-electron chi connectivity index (χ3n) is 4.60. The van der Waals surface area contributed by atoms with Gasteiger partial charge in [-0.15, -0.1) is 6.58 Å². The molecular formula is C19H26F2N2O4. The highest BCUT2D eigenvalue weighted by Crippen LogP contribution is 2.22. The molecule has 0 saturated heterocycles. The van der Waals surface area contributed by atoms with Gasteiger partial charge in [0.1, 0.15) is 11.6 Å². The number of benzene rings is 1. The van der Waals surface area contributed by atoms with Crippen LogP contribution < -0.4 is 10.6 Å². The fourth-order valence-corrected chi connectivity index (χ4v) is 3.34. The highest BCUT2D eigenvalue weighted by atomic mass is 19.1. The third kappa shape index (κ3) is 7.24. The summed E-state index contributed by atoms with van der Waals surface area (Å²) in [5.41, 5.74) is 0.268. The molecule has 8 heteroatoms. The van der Waals surface area contributed by atoms with Gasteiger partial charge in [0.2, 0.25) is 0 Å². The molecule has 2 rings (SSSR count). The molecule has 1 fully saturated rings. The van der Waals surface area contributed by atoms with Crippen LogP contribution in [0.4, 0.5) is 13.6 Å². The summed E-state index contributed by atoms with van der Waals surface area (Å²) in [7, 11) is 0. The molecule has 4 N–H and O–H groups in total. The predicted molar refractivity (Wildman–Crippen MR) is 96.6 cm³/mol. The molecule has 1 saturated carbocycles. The van der Waals surface area contributed by atoms with E-state index in [2.05, 4.69) is 17.2 Å². The van der Waals surface area contributed by atoms with E-state index in [4.69, 9.17) is 9.84 Å². The van der Waals surface area contributed by atoms with E-state index in [0.717, 1.165) is 37.5 Å². The van der Waals surface area contributed by atoms with E-state index in [9.17, 15) is 18.7 Å². The first-order valence-corrected chi connectivity index (χ1v) is 8.95. The Labute approximate surface area is 157 Å². The highest BCUT2D eigenvalue weighted by Gasteiger charge is 2.27. The minimum Gasteiger partial charge on any atom is -0.465 e. The Morgan fingerprint density at radius 1 is 1.33 bits per heavy atom. The van der Waals surface area contributed by atoms with E-state index < -0.39 is 29.9 Å². The molecule has 1 aliphatic rings. The molecule has 0 aromatic heterocycles. The molecule has 27 heavy (non-hydrogen) atoms. The monoisotopic (exact) mass is 384 g/mol. The molecule has 1 aromatic rings. The molecule has 1 aromatic carbocycles. The fourth-order valence-electron chi connectivity index (χ4n) is 3.34. The normalized spacial score (nSPS) is 21.6. The number of hydrogen-bond donors (Lipinski definition) is 4. The summed E-state index contributed by atoms with van der Waals surface area (Å²) in [6.07, 6.45) is 2.03. The summed E-state index contributed by atoms with van der Waals surface area (Å²) >= 11 is 0. The van der Waals surface area contributed by atoms with Crippen molar-refractivity contribution in [2.75, 3.05) is 13.2 Å². The molecule has 1 amide bonds. The summed E-state index contributed by atoms with van der Waals surface area (Å²) in [6.45, 7) is 4.26. The summed E-state index contributed by atoms with van der Waals surface area (Å²) in [5, 5.41) is 24.8. The second-order valence-electron chi connectivity index (χ2n) is 6.77. The van der Waals surface area contributed by atoms with Gasteiger partial charge in [0.25, 0.3) is 0 Å². The second-order valence-corrected chi connectivity index (χ2v) is 6.77. The first kappa shape index (κ1) is 21.3. The lowest BCUT2D eigenvalue weighted by Gasteiger charge is -2.25. The topological polar surface area (TPSA) is 90.8 Å². The van der Waals surface area contributed by atoms with Gasteiger partial charge < -0.3 is 25.6 Å². The van der Waals surface area contributed by atoms with Gasteiger partial charge in [-0.1, -0.05) is 6.08 Å². The van der Waals surface area contributed by atoms with Gasteiger partial charge in [0.15, 0.2) is 0 Å². The average molecular weight is 384 g/mol. The molecule has 0 aliphatic heterocycles. The number of rotatable bonds is 10. The van der Waals surface area contributed by atoms with E-state index >= 15 is 0 Å². The van der Waals surface area contributed by atoms with Crippen molar-refractivity contribution in [3.8, 4) is 0 Å². The molecule has 6 nitrogen and oxygen atoms in total. The summed E-state index contributed by atoms with van der Waals surface area (Å²) in [6, 6.07) is 2.25. The van der Waals surface area contributed by atoms with E-state index in [-0.39, 0.29) is 30.7 Å². The fraction of sp³-hybridized carbons (Fsp3) is 0.526. The molecule has 0 unspecified atom stereocenters. The Hall–Kier alpha value is -2.03. The van der Waals surface area contributed by atoms with Crippen molar-refractivity contribution in [2.45, 2.75) is 50.0 Å². The Balaban J connectivity index is 1.89. The summed E-state index contributed by atoms with van der Waals surface area (Å²) < 4.78 is 32.3. The quantitative estimate of drug-likeness (QED) is 0.465. The third-order valence-corrected chi connectivity index (χ3v) is 4.60. The maximum Gasteiger partial charge on any atom is 0.404 e. The molecule has 0 bridgehead atoms. The molecule has 4 atom stereocenters. The number of ether oxygens (including phenoxy) is 1.